The van der Waals surface area contributed by atoms with Crippen LogP contribution in [-0.2, 0) is 4.74 Å². The Morgan fingerprint density at radius 2 is 2.42 bits per heavy atom. The Hall–Kier alpha value is -1.75. The molecule has 12 heavy (non-hydrogen) atoms. The van der Waals surface area contributed by atoms with Gasteiger partial charge in [-0.1, -0.05) is 12.2 Å². The second kappa shape index (κ2) is 2.71. The van der Waals surface area contributed by atoms with Gasteiger partial charge in [0, 0.05) is 11.5 Å². The molecule has 0 saturated heterocycles. The van der Waals surface area contributed by atoms with Crippen molar-refractivity contribution >= 4 is 0 Å². The van der Waals surface area contributed by atoms with Gasteiger partial charge in [0.05, 0.1) is 18.6 Å². The van der Waals surface area contributed by atoms with Crippen molar-refractivity contribution < 1.29 is 4.74 Å². The van der Waals surface area contributed by atoms with E-state index >= 15 is 0 Å². The molecular weight excluding hydrogens is 150 g/mol. The highest BCUT2D eigenvalue weighted by atomic mass is 16.5. The van der Waals surface area contributed by atoms with Gasteiger partial charge in [-0.25, -0.2) is 0 Å². The molecule has 2 heteroatoms. The summed E-state index contributed by atoms with van der Waals surface area (Å²) in [4.78, 5) is 0. The summed E-state index contributed by atoms with van der Waals surface area (Å²) < 4.78 is 5.00. The van der Waals surface area contributed by atoms with Crippen LogP contribution in [0.1, 0.15) is 0 Å². The molecular formula is C10H7NO. The van der Waals surface area contributed by atoms with E-state index < -0.39 is 0 Å². The number of nitrogens with zero attached hydrogens (tertiary/aromatic N) is 1. The number of rotatable bonds is 0. The summed E-state index contributed by atoms with van der Waals surface area (Å²) in [7, 11) is 0. The fourth-order valence-corrected chi connectivity index (χ4v) is 1.33. The van der Waals surface area contributed by atoms with E-state index in [0.717, 1.165) is 11.1 Å². The monoisotopic (exact) mass is 157 g/mol. The molecule has 2 aliphatic rings. The van der Waals surface area contributed by atoms with Gasteiger partial charge in [0.25, 0.3) is 0 Å². The normalized spacial score (nSPS) is 24.8. The highest BCUT2D eigenvalue weighted by Gasteiger charge is 2.19. The van der Waals surface area contributed by atoms with Crippen LogP contribution in [0.2, 0.25) is 0 Å². The first-order valence-corrected chi connectivity index (χ1v) is 3.72. The van der Waals surface area contributed by atoms with E-state index in [0.29, 0.717) is 0 Å². The molecule has 0 fully saturated rings. The van der Waals surface area contributed by atoms with Gasteiger partial charge in [-0.15, -0.1) is 0 Å². The lowest BCUT2D eigenvalue weighted by Gasteiger charge is -2.18. The molecule has 0 radical (unpaired) electrons. The van der Waals surface area contributed by atoms with E-state index in [2.05, 4.69) is 6.07 Å². The minimum absolute atomic E-state index is 0.105. The van der Waals surface area contributed by atoms with Gasteiger partial charge in [0.1, 0.15) is 0 Å². The molecule has 0 amide bonds. The quantitative estimate of drug-likeness (QED) is 0.539. The third-order valence-corrected chi connectivity index (χ3v) is 1.94. The van der Waals surface area contributed by atoms with Crippen LogP contribution in [0, 0.1) is 17.2 Å². The first-order valence-electron chi connectivity index (χ1n) is 3.72. The Morgan fingerprint density at radius 3 is 3.25 bits per heavy atom. The Labute approximate surface area is 70.8 Å². The number of ether oxygens (including phenoxy) is 1. The van der Waals surface area contributed by atoms with Crippen LogP contribution in [0.4, 0.5) is 0 Å². The smallest absolute Gasteiger partial charge is 0.0957 e. The third kappa shape index (κ3) is 0.960. The van der Waals surface area contributed by atoms with Gasteiger partial charge in [-0.05, 0) is 17.7 Å². The fourth-order valence-electron chi connectivity index (χ4n) is 1.33. The average molecular weight is 157 g/mol. The lowest BCUT2D eigenvalue weighted by Crippen LogP contribution is -2.08. The third-order valence-electron chi connectivity index (χ3n) is 1.94. The van der Waals surface area contributed by atoms with E-state index in [1.54, 1.807) is 12.5 Å². The minimum Gasteiger partial charge on any atom is -0.473 e. The van der Waals surface area contributed by atoms with Crippen molar-refractivity contribution in [1.82, 2.24) is 0 Å². The highest BCUT2D eigenvalue weighted by molar-refractivity contribution is 5.47. The topological polar surface area (TPSA) is 33.0 Å². The summed E-state index contributed by atoms with van der Waals surface area (Å²) >= 11 is 0. The van der Waals surface area contributed by atoms with Crippen molar-refractivity contribution in [3.05, 3.63) is 48.0 Å². The van der Waals surface area contributed by atoms with Gasteiger partial charge in [0.15, 0.2) is 0 Å². The van der Waals surface area contributed by atoms with Crippen molar-refractivity contribution in [2.24, 2.45) is 5.92 Å². The molecule has 2 nitrogen and oxygen atoms in total. The van der Waals surface area contributed by atoms with Crippen molar-refractivity contribution in [2.45, 2.75) is 0 Å². The first-order chi connectivity index (χ1) is 5.92. The van der Waals surface area contributed by atoms with Crippen molar-refractivity contribution in [3.8, 4) is 6.07 Å². The molecule has 1 aliphatic carbocycles. The molecule has 0 spiro atoms. The SMILES string of the molecule is N#CC1=CC=CC2=COC=CC12. The van der Waals surface area contributed by atoms with Crippen LogP contribution in [0.3, 0.4) is 0 Å². The summed E-state index contributed by atoms with van der Waals surface area (Å²) in [5.41, 5.74) is 1.81. The first kappa shape index (κ1) is 6.93. The minimum atomic E-state index is 0.105. The van der Waals surface area contributed by atoms with Crippen LogP contribution in [0.25, 0.3) is 0 Å². The second-order valence-corrected chi connectivity index (χ2v) is 2.65. The Bertz CT molecular complexity index is 353. The van der Waals surface area contributed by atoms with Gasteiger partial charge in [-0.3, -0.25) is 0 Å². The molecule has 58 valence electrons. The van der Waals surface area contributed by atoms with Crippen LogP contribution in [-0.4, -0.2) is 0 Å². The maximum Gasteiger partial charge on any atom is 0.0957 e. The standard InChI is InChI=1S/C10H7NO/c11-6-8-2-1-3-9-7-12-5-4-10(8)9/h1-5,7,10H. The lowest BCUT2D eigenvalue weighted by atomic mass is 9.88. The largest absolute Gasteiger partial charge is 0.473 e. The summed E-state index contributed by atoms with van der Waals surface area (Å²) in [6.07, 6.45) is 10.8. The number of hydrogen-bond donors (Lipinski definition) is 0. The summed E-state index contributed by atoms with van der Waals surface area (Å²) in [5, 5.41) is 8.78. The lowest BCUT2D eigenvalue weighted by molar-refractivity contribution is 0.382. The maximum atomic E-state index is 8.78. The average Bonchev–Trinajstić information content (AvgIpc) is 2.17. The molecule has 2 rings (SSSR count). The van der Waals surface area contributed by atoms with Crippen LogP contribution in [0.5, 0.6) is 0 Å². The van der Waals surface area contributed by atoms with Gasteiger partial charge in [0.2, 0.25) is 0 Å². The molecule has 1 heterocycles. The van der Waals surface area contributed by atoms with Gasteiger partial charge in [-0.2, -0.15) is 5.26 Å². The van der Waals surface area contributed by atoms with Crippen molar-refractivity contribution in [2.75, 3.05) is 0 Å². The Kier molecular flexibility index (Phi) is 1.56. The zero-order valence-electron chi connectivity index (χ0n) is 6.40. The molecule has 1 unspecified atom stereocenters. The molecule has 1 atom stereocenters. The molecule has 0 N–H and O–H groups in total. The number of allylic oxidation sites excluding steroid dienone is 6. The van der Waals surface area contributed by atoms with Crippen LogP contribution < -0.4 is 0 Å². The highest BCUT2D eigenvalue weighted by Crippen LogP contribution is 2.28. The summed E-state index contributed by atoms with van der Waals surface area (Å²) in [6.45, 7) is 0. The predicted molar refractivity (Wildman–Crippen MR) is 44.6 cm³/mol. The fraction of sp³-hybridized carbons (Fsp3) is 0.100. The molecule has 0 saturated carbocycles. The maximum absolute atomic E-state index is 8.78. The van der Waals surface area contributed by atoms with Crippen LogP contribution >= 0.6 is 0 Å². The summed E-state index contributed by atoms with van der Waals surface area (Å²) in [6, 6.07) is 2.17. The van der Waals surface area contributed by atoms with Crippen molar-refractivity contribution in [1.29, 1.82) is 5.26 Å². The number of hydrogen-bond acceptors (Lipinski definition) is 2. The summed E-state index contributed by atoms with van der Waals surface area (Å²) in [5.74, 6) is 0.105. The molecule has 0 bridgehead atoms. The van der Waals surface area contributed by atoms with Gasteiger partial charge >= 0.3 is 0 Å². The predicted octanol–water partition coefficient (Wildman–Crippen LogP) is 2.05. The Morgan fingerprint density at radius 1 is 1.50 bits per heavy atom. The zero-order valence-corrected chi connectivity index (χ0v) is 6.40. The van der Waals surface area contributed by atoms with Crippen molar-refractivity contribution in [3.63, 3.8) is 0 Å². The molecule has 0 aromatic heterocycles. The van der Waals surface area contributed by atoms with Gasteiger partial charge < -0.3 is 4.74 Å². The van der Waals surface area contributed by atoms with E-state index in [4.69, 9.17) is 10.00 Å². The van der Waals surface area contributed by atoms with E-state index in [9.17, 15) is 0 Å². The molecule has 0 aromatic carbocycles. The second-order valence-electron chi connectivity index (χ2n) is 2.65. The Balaban J connectivity index is 2.41. The van der Waals surface area contributed by atoms with E-state index in [1.165, 1.54) is 0 Å². The number of fused-ring (bicyclic) bond motifs is 1. The van der Waals surface area contributed by atoms with E-state index in [1.807, 2.05) is 24.3 Å². The van der Waals surface area contributed by atoms with E-state index in [-0.39, 0.29) is 5.92 Å². The zero-order chi connectivity index (χ0) is 8.39. The van der Waals surface area contributed by atoms with Crippen LogP contribution in [0.15, 0.2) is 48.0 Å². The molecule has 1 aliphatic heterocycles. The number of nitriles is 1. The molecule has 0 aromatic rings.